The first kappa shape index (κ1) is 16.2. The van der Waals surface area contributed by atoms with Gasteiger partial charge in [0.1, 0.15) is 5.82 Å². The summed E-state index contributed by atoms with van der Waals surface area (Å²) < 4.78 is 14.3. The van der Waals surface area contributed by atoms with Crippen molar-refractivity contribution >= 4 is 15.9 Å². The minimum Gasteiger partial charge on any atom is -0.306 e. The molecule has 0 aliphatic rings. The Balaban J connectivity index is 2.10. The minimum atomic E-state index is -0.199. The summed E-state index contributed by atoms with van der Waals surface area (Å²) in [5.41, 5.74) is 2.22. The average molecular weight is 350 g/mol. The highest BCUT2D eigenvalue weighted by molar-refractivity contribution is 9.10. The molecule has 3 heteroatoms. The van der Waals surface area contributed by atoms with Gasteiger partial charge in [-0.05, 0) is 41.7 Å². The largest absolute Gasteiger partial charge is 0.306 e. The molecule has 1 atom stereocenters. The zero-order chi connectivity index (χ0) is 15.2. The van der Waals surface area contributed by atoms with E-state index < -0.39 is 0 Å². The van der Waals surface area contributed by atoms with Gasteiger partial charge < -0.3 is 5.32 Å². The van der Waals surface area contributed by atoms with E-state index in [9.17, 15) is 4.39 Å². The molecule has 2 aromatic rings. The van der Waals surface area contributed by atoms with Crippen molar-refractivity contribution in [3.05, 3.63) is 69.9 Å². The van der Waals surface area contributed by atoms with E-state index in [-0.39, 0.29) is 11.9 Å². The second-order valence-electron chi connectivity index (χ2n) is 5.71. The predicted molar refractivity (Wildman–Crippen MR) is 89.6 cm³/mol. The molecule has 0 aromatic heterocycles. The van der Waals surface area contributed by atoms with E-state index in [1.165, 1.54) is 11.6 Å². The van der Waals surface area contributed by atoms with Crippen molar-refractivity contribution < 1.29 is 4.39 Å². The van der Waals surface area contributed by atoms with Crippen LogP contribution in [0.5, 0.6) is 0 Å². The molecule has 0 bridgehead atoms. The van der Waals surface area contributed by atoms with Crippen LogP contribution in [0, 0.1) is 11.7 Å². The normalized spacial score (nSPS) is 12.6. The molecule has 0 amide bonds. The summed E-state index contributed by atoms with van der Waals surface area (Å²) in [6, 6.07) is 15.5. The smallest absolute Gasteiger partial charge is 0.123 e. The third-order valence-electron chi connectivity index (χ3n) is 3.46. The fraction of sp³-hybridized carbons (Fsp3) is 0.333. The molecule has 0 fully saturated rings. The van der Waals surface area contributed by atoms with Crippen LogP contribution in [-0.4, -0.2) is 0 Å². The second-order valence-corrected chi connectivity index (χ2v) is 6.56. The molecule has 2 aromatic carbocycles. The molecular weight excluding hydrogens is 329 g/mol. The first-order chi connectivity index (χ1) is 10.1. The summed E-state index contributed by atoms with van der Waals surface area (Å²) in [4.78, 5) is 0. The lowest BCUT2D eigenvalue weighted by atomic mass is 9.97. The summed E-state index contributed by atoms with van der Waals surface area (Å²) in [6.07, 6.45) is 1.05. The van der Waals surface area contributed by atoms with Crippen LogP contribution >= 0.6 is 15.9 Å². The van der Waals surface area contributed by atoms with E-state index >= 15 is 0 Å². The molecule has 0 aliphatic carbocycles. The van der Waals surface area contributed by atoms with Gasteiger partial charge in [0.15, 0.2) is 0 Å². The zero-order valence-corrected chi connectivity index (χ0v) is 14.0. The van der Waals surface area contributed by atoms with Crippen LogP contribution in [0.25, 0.3) is 0 Å². The van der Waals surface area contributed by atoms with Crippen molar-refractivity contribution in [1.29, 1.82) is 0 Å². The van der Waals surface area contributed by atoms with Crippen molar-refractivity contribution in [2.24, 2.45) is 5.92 Å². The number of hydrogen-bond acceptors (Lipinski definition) is 1. The molecule has 21 heavy (non-hydrogen) atoms. The van der Waals surface area contributed by atoms with Crippen LogP contribution in [-0.2, 0) is 6.54 Å². The predicted octanol–water partition coefficient (Wildman–Crippen LogP) is 5.47. The maximum atomic E-state index is 13.4. The first-order valence-corrected chi connectivity index (χ1v) is 8.08. The van der Waals surface area contributed by atoms with Gasteiger partial charge in [-0.3, -0.25) is 0 Å². The van der Waals surface area contributed by atoms with E-state index in [1.54, 1.807) is 12.1 Å². The van der Waals surface area contributed by atoms with E-state index in [2.05, 4.69) is 59.4 Å². The maximum absolute atomic E-state index is 13.4. The number of halogens is 2. The Kier molecular flexibility index (Phi) is 5.95. The maximum Gasteiger partial charge on any atom is 0.123 e. The quantitative estimate of drug-likeness (QED) is 0.729. The summed E-state index contributed by atoms with van der Waals surface area (Å²) in [5.74, 6) is 0.397. The third kappa shape index (κ3) is 4.94. The van der Waals surface area contributed by atoms with Crippen molar-refractivity contribution in [2.45, 2.75) is 32.9 Å². The summed E-state index contributed by atoms with van der Waals surface area (Å²) in [7, 11) is 0. The Morgan fingerprint density at radius 3 is 2.48 bits per heavy atom. The molecule has 1 nitrogen and oxygen atoms in total. The number of hydrogen-bond donors (Lipinski definition) is 1. The molecular formula is C18H21BrFN. The van der Waals surface area contributed by atoms with Crippen molar-refractivity contribution in [1.82, 2.24) is 5.32 Å². The van der Waals surface area contributed by atoms with E-state index in [1.807, 2.05) is 6.07 Å². The summed E-state index contributed by atoms with van der Waals surface area (Å²) >= 11 is 3.48. The van der Waals surface area contributed by atoms with E-state index in [4.69, 9.17) is 0 Å². The number of rotatable bonds is 6. The molecule has 0 spiro atoms. The van der Waals surface area contributed by atoms with Gasteiger partial charge in [0.25, 0.3) is 0 Å². The van der Waals surface area contributed by atoms with Crippen molar-refractivity contribution in [3.8, 4) is 0 Å². The van der Waals surface area contributed by atoms with Gasteiger partial charge in [-0.1, -0.05) is 60.1 Å². The van der Waals surface area contributed by atoms with Gasteiger partial charge in [0.2, 0.25) is 0 Å². The van der Waals surface area contributed by atoms with Crippen LogP contribution in [0.15, 0.2) is 53.0 Å². The highest BCUT2D eigenvalue weighted by atomic mass is 79.9. The Morgan fingerprint density at radius 1 is 1.10 bits per heavy atom. The van der Waals surface area contributed by atoms with Crippen molar-refractivity contribution in [3.63, 3.8) is 0 Å². The molecule has 2 rings (SSSR count). The Labute approximate surface area is 134 Å². The van der Waals surface area contributed by atoms with Crippen LogP contribution < -0.4 is 5.32 Å². The van der Waals surface area contributed by atoms with E-state index in [0.717, 1.165) is 16.5 Å². The standard InChI is InChI=1S/C18H21BrFN/c1-13(2)10-18(14-6-4-3-5-7-14)21-12-15-11-16(20)8-9-17(15)19/h3-9,11,13,18,21H,10,12H2,1-2H3. The fourth-order valence-corrected chi connectivity index (χ4v) is 2.79. The first-order valence-electron chi connectivity index (χ1n) is 7.28. The molecule has 1 N–H and O–H groups in total. The lowest BCUT2D eigenvalue weighted by Gasteiger charge is -2.21. The third-order valence-corrected chi connectivity index (χ3v) is 4.23. The molecule has 112 valence electrons. The topological polar surface area (TPSA) is 12.0 Å². The highest BCUT2D eigenvalue weighted by Crippen LogP contribution is 2.23. The minimum absolute atomic E-state index is 0.199. The Morgan fingerprint density at radius 2 is 1.81 bits per heavy atom. The summed E-state index contributed by atoms with van der Waals surface area (Å²) in [6.45, 7) is 5.08. The summed E-state index contributed by atoms with van der Waals surface area (Å²) in [5, 5.41) is 3.56. The average Bonchev–Trinajstić information content (AvgIpc) is 2.47. The SMILES string of the molecule is CC(C)CC(NCc1cc(F)ccc1Br)c1ccccc1. The van der Waals surface area contributed by atoms with Crippen LogP contribution in [0.3, 0.4) is 0 Å². The Hall–Kier alpha value is -1.19. The second kappa shape index (κ2) is 7.71. The molecule has 0 saturated carbocycles. The molecule has 0 saturated heterocycles. The van der Waals surface area contributed by atoms with Gasteiger partial charge in [-0.25, -0.2) is 4.39 Å². The van der Waals surface area contributed by atoms with Gasteiger partial charge in [-0.15, -0.1) is 0 Å². The molecule has 0 radical (unpaired) electrons. The van der Waals surface area contributed by atoms with Crippen LogP contribution in [0.4, 0.5) is 4.39 Å². The molecule has 0 heterocycles. The number of benzene rings is 2. The van der Waals surface area contributed by atoms with Gasteiger partial charge in [-0.2, -0.15) is 0 Å². The van der Waals surface area contributed by atoms with Gasteiger partial charge >= 0.3 is 0 Å². The molecule has 1 unspecified atom stereocenters. The Bertz CT molecular complexity index is 569. The highest BCUT2D eigenvalue weighted by Gasteiger charge is 2.13. The van der Waals surface area contributed by atoms with E-state index in [0.29, 0.717) is 12.5 Å². The van der Waals surface area contributed by atoms with Crippen molar-refractivity contribution in [2.75, 3.05) is 0 Å². The lowest BCUT2D eigenvalue weighted by Crippen LogP contribution is -2.22. The van der Waals surface area contributed by atoms with Crippen LogP contribution in [0.2, 0.25) is 0 Å². The van der Waals surface area contributed by atoms with Gasteiger partial charge in [0, 0.05) is 17.1 Å². The monoisotopic (exact) mass is 349 g/mol. The fourth-order valence-electron chi connectivity index (χ4n) is 2.41. The zero-order valence-electron chi connectivity index (χ0n) is 12.4. The molecule has 0 aliphatic heterocycles. The lowest BCUT2D eigenvalue weighted by molar-refractivity contribution is 0.428. The van der Waals surface area contributed by atoms with Gasteiger partial charge in [0.05, 0.1) is 0 Å². The number of nitrogens with one attached hydrogen (secondary N) is 1. The van der Waals surface area contributed by atoms with Crippen LogP contribution in [0.1, 0.15) is 37.4 Å².